The van der Waals surface area contributed by atoms with Gasteiger partial charge in [0.2, 0.25) is 11.8 Å². The second kappa shape index (κ2) is 11.6. The first kappa shape index (κ1) is 27.5. The maximum atomic E-state index is 12.5. The zero-order chi connectivity index (χ0) is 26.2. The van der Waals surface area contributed by atoms with Crippen LogP contribution in [0.3, 0.4) is 0 Å². The lowest BCUT2D eigenvalue weighted by Crippen LogP contribution is -2.48. The van der Waals surface area contributed by atoms with Crippen molar-refractivity contribution in [2.24, 2.45) is 8.80 Å². The Labute approximate surface area is 204 Å². The Bertz CT molecular complexity index is 1220. The Kier molecular flexibility index (Phi) is 9.08. The van der Waals surface area contributed by atoms with Crippen LogP contribution in [-0.4, -0.2) is 76.9 Å². The average molecular weight is 523 g/mol. The van der Waals surface area contributed by atoms with E-state index in [1.165, 1.54) is 14.1 Å². The first-order chi connectivity index (χ1) is 16.2. The van der Waals surface area contributed by atoms with Crippen LogP contribution in [0.1, 0.15) is 17.5 Å². The van der Waals surface area contributed by atoms with Gasteiger partial charge in [0.05, 0.1) is 12.5 Å². The number of amides is 2. The molecule has 0 heterocycles. The second-order valence-corrected chi connectivity index (χ2v) is 10.7. The molecule has 0 radical (unpaired) electrons. The summed E-state index contributed by atoms with van der Waals surface area (Å²) in [6.45, 7) is 0. The highest BCUT2D eigenvalue weighted by atomic mass is 32.2. The zero-order valence-electron chi connectivity index (χ0n) is 19.5. The van der Waals surface area contributed by atoms with Crippen molar-refractivity contribution in [3.63, 3.8) is 0 Å². The second-order valence-electron chi connectivity index (χ2n) is 7.39. The van der Waals surface area contributed by atoms with Crippen LogP contribution in [0.5, 0.6) is 0 Å². The molecule has 0 aliphatic carbocycles. The first-order valence-electron chi connectivity index (χ1n) is 10.0. The fourth-order valence-corrected chi connectivity index (χ4v) is 3.89. The van der Waals surface area contributed by atoms with Crippen molar-refractivity contribution >= 4 is 43.5 Å². The molecule has 0 saturated carbocycles. The Morgan fingerprint density at radius 3 is 1.29 bits per heavy atom. The van der Waals surface area contributed by atoms with E-state index in [4.69, 9.17) is 0 Å². The highest BCUT2D eigenvalue weighted by Gasteiger charge is 2.19. The van der Waals surface area contributed by atoms with Gasteiger partial charge in [-0.15, -0.1) is 8.80 Å². The highest BCUT2D eigenvalue weighted by molar-refractivity contribution is 7.89. The molecule has 0 aliphatic heterocycles. The summed E-state index contributed by atoms with van der Waals surface area (Å²) < 4.78 is 54.3. The van der Waals surface area contributed by atoms with E-state index in [9.17, 15) is 26.4 Å². The smallest absolute Gasteiger partial charge is 0.252 e. The van der Waals surface area contributed by atoms with Gasteiger partial charge in [-0.3, -0.25) is 30.5 Å². The van der Waals surface area contributed by atoms with E-state index in [1.807, 2.05) is 0 Å². The molecule has 188 valence electrons. The van der Waals surface area contributed by atoms with E-state index >= 15 is 0 Å². The van der Waals surface area contributed by atoms with Gasteiger partial charge in [-0.1, -0.05) is 60.7 Å². The lowest BCUT2D eigenvalue weighted by molar-refractivity contribution is -0.132. The van der Waals surface area contributed by atoms with Gasteiger partial charge in [0.25, 0.3) is 20.0 Å². The number of nitrogens with zero attached hydrogens (tertiary/aromatic N) is 4. The Balaban J connectivity index is 2.13. The molecule has 0 saturated heterocycles. The van der Waals surface area contributed by atoms with Crippen LogP contribution in [0.15, 0.2) is 69.5 Å². The van der Waals surface area contributed by atoms with Gasteiger partial charge >= 0.3 is 0 Å². The van der Waals surface area contributed by atoms with Gasteiger partial charge in [-0.25, -0.2) is 16.8 Å². The van der Waals surface area contributed by atoms with Crippen molar-refractivity contribution in [3.05, 3.63) is 71.8 Å². The summed E-state index contributed by atoms with van der Waals surface area (Å²) in [7, 11) is -4.83. The number of sulfonamides is 2. The summed E-state index contributed by atoms with van der Waals surface area (Å²) >= 11 is 0. The molecule has 2 rings (SSSR count). The number of hydrogen-bond acceptors (Lipinski definition) is 6. The molecule has 0 aliphatic rings. The lowest BCUT2D eigenvalue weighted by atomic mass is 10.2. The largest absolute Gasteiger partial charge is 0.273 e. The van der Waals surface area contributed by atoms with E-state index < -0.39 is 38.3 Å². The van der Waals surface area contributed by atoms with Crippen molar-refractivity contribution in [1.82, 2.24) is 20.9 Å². The molecule has 0 spiro atoms. The van der Waals surface area contributed by atoms with Crippen LogP contribution in [0, 0.1) is 0 Å². The molecular formula is C21H26N6O6S2. The van der Waals surface area contributed by atoms with Crippen LogP contribution in [0.2, 0.25) is 0 Å². The topological polar surface area (TPSA) is 158 Å². The molecular weight excluding hydrogens is 496 g/mol. The van der Waals surface area contributed by atoms with Crippen molar-refractivity contribution in [2.45, 2.75) is 6.42 Å². The lowest BCUT2D eigenvalue weighted by Gasteiger charge is -2.23. The SMILES string of the molecule is CN(NC(=O)CC(=O)NN(C)C(=NS(C)(=O)=O)c1ccccc1)C(=NS(C)(=O)=O)c1ccccc1. The molecule has 12 nitrogen and oxygen atoms in total. The normalized spacial score (nSPS) is 12.6. The number of carbonyl (C=O) groups is 2. The third-order valence-electron chi connectivity index (χ3n) is 4.11. The molecule has 0 unspecified atom stereocenters. The van der Waals surface area contributed by atoms with Crippen molar-refractivity contribution < 1.29 is 26.4 Å². The molecule has 0 bridgehead atoms. The van der Waals surface area contributed by atoms with Crippen LogP contribution in [0.4, 0.5) is 0 Å². The maximum absolute atomic E-state index is 12.5. The standard InChI is InChI=1S/C21H26N6O6S2/c1-26(20(24-34(3,30)31)16-11-7-5-8-12-16)22-18(28)15-19(29)23-27(2)21(25-35(4,32)33)17-13-9-6-10-14-17/h5-14H,15H2,1-4H3,(H,22,28)(H,23,29). The van der Waals surface area contributed by atoms with Gasteiger partial charge in [-0.2, -0.15) is 0 Å². The summed E-state index contributed by atoms with van der Waals surface area (Å²) in [5, 5.41) is 2.19. The predicted octanol–water partition coefficient (Wildman–Crippen LogP) is 0.115. The number of carbonyl (C=O) groups excluding carboxylic acids is 2. The van der Waals surface area contributed by atoms with Crippen LogP contribution in [-0.2, 0) is 29.6 Å². The summed E-state index contributed by atoms with van der Waals surface area (Å²) in [5.74, 6) is -1.63. The average Bonchev–Trinajstić information content (AvgIpc) is 2.75. The summed E-state index contributed by atoms with van der Waals surface area (Å²) in [4.78, 5) is 24.9. The van der Waals surface area contributed by atoms with Gasteiger partial charge in [0.1, 0.15) is 6.42 Å². The molecule has 2 N–H and O–H groups in total. The van der Waals surface area contributed by atoms with Crippen molar-refractivity contribution in [3.8, 4) is 0 Å². The van der Waals surface area contributed by atoms with Crippen LogP contribution >= 0.6 is 0 Å². The summed E-state index contributed by atoms with van der Waals surface area (Å²) in [6.07, 6.45) is 1.17. The van der Waals surface area contributed by atoms with Crippen molar-refractivity contribution in [1.29, 1.82) is 0 Å². The highest BCUT2D eigenvalue weighted by Crippen LogP contribution is 2.07. The van der Waals surface area contributed by atoms with Crippen LogP contribution in [0.25, 0.3) is 0 Å². The van der Waals surface area contributed by atoms with E-state index in [-0.39, 0.29) is 11.7 Å². The molecule has 2 aromatic carbocycles. The van der Waals surface area contributed by atoms with Gasteiger partial charge in [0, 0.05) is 25.2 Å². The van der Waals surface area contributed by atoms with Gasteiger partial charge < -0.3 is 0 Å². The molecule has 0 fully saturated rings. The van der Waals surface area contributed by atoms with E-state index in [1.54, 1.807) is 60.7 Å². The monoisotopic (exact) mass is 522 g/mol. The summed E-state index contributed by atoms with van der Waals surface area (Å²) in [5.41, 5.74) is 5.65. The molecule has 14 heteroatoms. The first-order valence-corrected chi connectivity index (χ1v) is 13.7. The van der Waals surface area contributed by atoms with Gasteiger partial charge in [0.15, 0.2) is 11.7 Å². The Hall–Kier alpha value is -3.78. The Morgan fingerprint density at radius 1 is 0.686 bits per heavy atom. The minimum Gasteiger partial charge on any atom is -0.273 e. The van der Waals surface area contributed by atoms with E-state index in [2.05, 4.69) is 19.6 Å². The number of amidine groups is 2. The molecule has 35 heavy (non-hydrogen) atoms. The minimum atomic E-state index is -3.80. The number of nitrogens with one attached hydrogen (secondary N) is 2. The van der Waals surface area contributed by atoms with Crippen molar-refractivity contribution in [2.75, 3.05) is 26.6 Å². The number of benzene rings is 2. The van der Waals surface area contributed by atoms with Crippen LogP contribution < -0.4 is 10.9 Å². The third kappa shape index (κ3) is 9.54. The Morgan fingerprint density at radius 2 is 1.00 bits per heavy atom. The third-order valence-corrected chi connectivity index (χ3v) is 5.12. The van der Waals surface area contributed by atoms with E-state index in [0.29, 0.717) is 11.1 Å². The number of rotatable bonds is 6. The maximum Gasteiger partial charge on any atom is 0.252 e. The molecule has 2 aromatic rings. The fourth-order valence-electron chi connectivity index (χ4n) is 2.81. The predicted molar refractivity (Wildman–Crippen MR) is 132 cm³/mol. The van der Waals surface area contributed by atoms with Gasteiger partial charge in [-0.05, 0) is 0 Å². The van der Waals surface area contributed by atoms with E-state index in [0.717, 1.165) is 22.5 Å². The summed E-state index contributed by atoms with van der Waals surface area (Å²) in [6, 6.07) is 16.6. The zero-order valence-corrected chi connectivity index (χ0v) is 21.2. The molecule has 0 aromatic heterocycles. The minimum absolute atomic E-state index is 0.0503. The number of hydrogen-bond donors (Lipinski definition) is 2. The molecule has 2 amide bonds. The molecule has 0 atom stereocenters. The quantitative estimate of drug-likeness (QED) is 0.234. The fraction of sp³-hybridized carbons (Fsp3) is 0.238. The number of hydrazine groups is 2.